The Morgan fingerprint density at radius 3 is 0.907 bits per heavy atom. The van der Waals surface area contributed by atoms with Crippen molar-refractivity contribution in [3.8, 4) is 22.3 Å². The van der Waals surface area contributed by atoms with Crippen LogP contribution >= 0.6 is 0 Å². The van der Waals surface area contributed by atoms with E-state index in [9.17, 15) is 0 Å². The highest BCUT2D eigenvalue weighted by Crippen LogP contribution is 2.50. The van der Waals surface area contributed by atoms with Gasteiger partial charge in [0.25, 0.3) is 13.4 Å². The summed E-state index contributed by atoms with van der Waals surface area (Å²) in [5.41, 5.74) is 34.6. The predicted molar refractivity (Wildman–Crippen MR) is 374 cm³/mol. The number of hydrogen-bond donors (Lipinski definition) is 0. The van der Waals surface area contributed by atoms with E-state index in [-0.39, 0.29) is 13.4 Å². The third kappa shape index (κ3) is 8.51. The van der Waals surface area contributed by atoms with E-state index in [1.54, 1.807) is 0 Å². The zero-order valence-electron chi connectivity index (χ0n) is 51.0. The molecule has 4 heterocycles. The highest BCUT2D eigenvalue weighted by atomic mass is 15.2. The Balaban J connectivity index is 0.00000160. The van der Waals surface area contributed by atoms with Gasteiger partial charge in [-0.25, -0.2) is 0 Å². The summed E-state index contributed by atoms with van der Waals surface area (Å²) in [6.07, 6.45) is 0. The molecule has 0 amide bonds. The normalized spacial score (nSPS) is 12.9. The van der Waals surface area contributed by atoms with E-state index >= 15 is 0 Å². The van der Waals surface area contributed by atoms with E-state index in [2.05, 4.69) is 304 Å². The first-order valence-corrected chi connectivity index (χ1v) is 30.9. The highest BCUT2D eigenvalue weighted by Gasteiger charge is 2.45. The van der Waals surface area contributed by atoms with Crippen molar-refractivity contribution >= 4 is 125 Å². The fraction of sp³-hybridized carbons (Fsp3) is 0.125. The Kier molecular flexibility index (Phi) is 13.7. The summed E-state index contributed by atoms with van der Waals surface area (Å²) in [4.78, 5) is 10.1. The molecule has 0 spiro atoms. The van der Waals surface area contributed by atoms with Crippen LogP contribution in [0.3, 0.4) is 0 Å². The van der Waals surface area contributed by atoms with Crippen LogP contribution in [-0.4, -0.2) is 13.4 Å². The van der Waals surface area contributed by atoms with Gasteiger partial charge >= 0.3 is 0 Å². The third-order valence-electron chi connectivity index (χ3n) is 18.2. The zero-order valence-corrected chi connectivity index (χ0v) is 51.0. The summed E-state index contributed by atoms with van der Waals surface area (Å²) in [6.45, 7) is 21.6. The molecule has 0 saturated carbocycles. The second-order valence-electron chi connectivity index (χ2n) is 23.2. The molecular formula is C80H70B2N4. The van der Waals surface area contributed by atoms with Gasteiger partial charge in [-0.1, -0.05) is 196 Å². The zero-order chi connectivity index (χ0) is 59.1. The summed E-state index contributed by atoms with van der Waals surface area (Å²) < 4.78 is 0. The maximum atomic E-state index is 2.53. The van der Waals surface area contributed by atoms with Gasteiger partial charge in [0.2, 0.25) is 0 Å². The Hall–Kier alpha value is -9.77. The molecule has 6 heteroatoms. The molecule has 0 bridgehead atoms. The first kappa shape index (κ1) is 54.2. The molecule has 12 aromatic rings. The van der Waals surface area contributed by atoms with Gasteiger partial charge in [0.15, 0.2) is 0 Å². The van der Waals surface area contributed by atoms with Crippen molar-refractivity contribution in [3.63, 3.8) is 0 Å². The molecule has 0 unspecified atom stereocenters. The second kappa shape index (κ2) is 21.7. The topological polar surface area (TPSA) is 13.0 Å². The molecule has 0 N–H and O–H groups in total. The van der Waals surface area contributed by atoms with Gasteiger partial charge in [-0.15, -0.1) is 0 Å². The van der Waals surface area contributed by atoms with Gasteiger partial charge in [0, 0.05) is 68.2 Å². The average molecular weight is 1110 g/mol. The summed E-state index contributed by atoms with van der Waals surface area (Å²) in [6, 6.07) is 91.8. The van der Waals surface area contributed by atoms with Crippen LogP contribution in [0.1, 0.15) is 61.1 Å². The van der Waals surface area contributed by atoms with Gasteiger partial charge in [-0.2, -0.15) is 0 Å². The molecule has 16 rings (SSSR count). The van der Waals surface area contributed by atoms with Gasteiger partial charge < -0.3 is 19.6 Å². The van der Waals surface area contributed by atoms with Crippen molar-refractivity contribution < 1.29 is 0 Å². The molecule has 416 valence electrons. The van der Waals surface area contributed by atoms with Crippen molar-refractivity contribution in [3.05, 3.63) is 276 Å². The number of benzene rings is 12. The van der Waals surface area contributed by atoms with Crippen LogP contribution in [-0.2, 0) is 0 Å². The van der Waals surface area contributed by atoms with Gasteiger partial charge in [0.1, 0.15) is 0 Å². The average Bonchev–Trinajstić information content (AvgIpc) is 0.848. The van der Waals surface area contributed by atoms with E-state index < -0.39 is 0 Å². The number of anilines is 12. The molecule has 0 aromatic heterocycles. The maximum absolute atomic E-state index is 2.53. The lowest BCUT2D eigenvalue weighted by Gasteiger charge is -2.44. The van der Waals surface area contributed by atoms with Crippen LogP contribution in [0.5, 0.6) is 0 Å². The second-order valence-corrected chi connectivity index (χ2v) is 23.2. The van der Waals surface area contributed by atoms with E-state index in [0.29, 0.717) is 0 Å². The van der Waals surface area contributed by atoms with E-state index in [1.165, 1.54) is 145 Å². The van der Waals surface area contributed by atoms with Crippen molar-refractivity contribution in [1.29, 1.82) is 0 Å². The molecule has 0 saturated heterocycles. The maximum Gasteiger partial charge on any atom is 0.252 e. The summed E-state index contributed by atoms with van der Waals surface area (Å²) in [5.74, 6) is 0. The number of nitrogens with zero attached hydrogens (tertiary/aromatic N) is 4. The van der Waals surface area contributed by atoms with E-state index in [1.807, 2.05) is 27.7 Å². The molecule has 4 aliphatic rings. The van der Waals surface area contributed by atoms with E-state index in [0.717, 1.165) is 22.7 Å². The van der Waals surface area contributed by atoms with Crippen LogP contribution < -0.4 is 52.4 Å². The molecule has 0 atom stereocenters. The summed E-state index contributed by atoms with van der Waals surface area (Å²) in [7, 11) is 0. The monoisotopic (exact) mass is 1110 g/mol. The molecule has 0 aliphatic carbocycles. The lowest BCUT2D eigenvalue weighted by Crippen LogP contribution is -2.61. The third-order valence-corrected chi connectivity index (χ3v) is 18.2. The fourth-order valence-corrected chi connectivity index (χ4v) is 14.4. The molecule has 12 aromatic carbocycles. The fourth-order valence-electron chi connectivity index (χ4n) is 14.4. The Morgan fingerprint density at radius 1 is 0.244 bits per heavy atom. The minimum Gasteiger partial charge on any atom is -0.311 e. The Bertz CT molecular complexity index is 4320. The molecule has 86 heavy (non-hydrogen) atoms. The number of fused-ring (bicyclic) bond motifs is 9. The quantitative estimate of drug-likeness (QED) is 0.154. The van der Waals surface area contributed by atoms with Crippen LogP contribution in [0.25, 0.3) is 33.0 Å². The van der Waals surface area contributed by atoms with Crippen molar-refractivity contribution in [2.75, 3.05) is 19.6 Å². The van der Waals surface area contributed by atoms with Crippen LogP contribution in [0.15, 0.2) is 243 Å². The lowest BCUT2D eigenvalue weighted by atomic mass is 9.33. The minimum absolute atomic E-state index is 0.0482. The lowest BCUT2D eigenvalue weighted by molar-refractivity contribution is 1.25. The van der Waals surface area contributed by atoms with Crippen LogP contribution in [0.4, 0.5) is 68.2 Å². The van der Waals surface area contributed by atoms with Crippen LogP contribution in [0.2, 0.25) is 0 Å². The van der Waals surface area contributed by atoms with E-state index in [4.69, 9.17) is 0 Å². The molecule has 0 radical (unpaired) electrons. The summed E-state index contributed by atoms with van der Waals surface area (Å²) >= 11 is 0. The number of hydrogen-bond acceptors (Lipinski definition) is 4. The number of para-hydroxylation sites is 4. The summed E-state index contributed by atoms with van der Waals surface area (Å²) in [5, 5.41) is 2.52. The van der Waals surface area contributed by atoms with Crippen molar-refractivity contribution in [1.82, 2.24) is 0 Å². The molecule has 4 aliphatic heterocycles. The minimum atomic E-state index is 0.0482. The Morgan fingerprint density at radius 2 is 0.547 bits per heavy atom. The largest absolute Gasteiger partial charge is 0.311 e. The van der Waals surface area contributed by atoms with Crippen LogP contribution in [0, 0.1) is 41.5 Å². The smallest absolute Gasteiger partial charge is 0.252 e. The number of rotatable bonds is 6. The molecule has 4 nitrogen and oxygen atoms in total. The number of aryl methyl sites for hydroxylation is 6. The molecule has 0 fully saturated rings. The first-order chi connectivity index (χ1) is 42.2. The van der Waals surface area contributed by atoms with Crippen molar-refractivity contribution in [2.45, 2.75) is 69.2 Å². The predicted octanol–water partition coefficient (Wildman–Crippen LogP) is 18.2. The van der Waals surface area contributed by atoms with Gasteiger partial charge in [-0.3, -0.25) is 0 Å². The SMILES string of the molecule is CC.CC.Cc1ccc(N2c3ccc(C)cc3B3c4ccccc4N(c4ccccc4)c4cc(-c5ccc6c(C)c(-c7cc8c9c(c7)N(c7ccc(C)cc7)c7ccc(C)cc7B9c7ccccc7N8c7ccccc7)ccc6c5C)cc2c43)cc1. The Labute approximate surface area is 509 Å². The van der Waals surface area contributed by atoms with Crippen molar-refractivity contribution in [2.24, 2.45) is 0 Å². The van der Waals surface area contributed by atoms with Gasteiger partial charge in [-0.05, 0) is 216 Å². The van der Waals surface area contributed by atoms with Gasteiger partial charge in [0.05, 0.1) is 0 Å². The first-order valence-electron chi connectivity index (χ1n) is 30.9. The molecular weight excluding hydrogens is 1040 g/mol. The standard InChI is InChI=1S/C76H58B2N4.2C2H6/c1-47-25-31-57(32-26-47)81-69-39-29-49(3)41-65(69)77-63-21-13-15-23-67(63)79(55-17-9-7-10-18-55)71-43-53(45-73(81)75(71)77)59-35-37-62-52(6)60(36-38-61(62)51(59)5)54-44-72-76-74(46-54)82(58-33-27-48(2)28-34-58)70-40-30-50(4)42-66(70)78(76)64-22-14-16-24-68(64)80(72)56-19-11-8-12-20-56;2*1-2/h7-46H,1-6H3;2*1-2H3. The highest BCUT2D eigenvalue weighted by molar-refractivity contribution is 7.01.